The third kappa shape index (κ3) is 6.63. The highest BCUT2D eigenvalue weighted by Crippen LogP contribution is 2.40. The Morgan fingerprint density at radius 1 is 1.07 bits per heavy atom. The molecule has 1 aliphatic heterocycles. The highest BCUT2D eigenvalue weighted by molar-refractivity contribution is 7.89. The lowest BCUT2D eigenvalue weighted by molar-refractivity contribution is -0.123. The van der Waals surface area contributed by atoms with E-state index in [1.165, 1.54) is 36.9 Å². The molecule has 2 N–H and O–H groups in total. The van der Waals surface area contributed by atoms with E-state index in [0.29, 0.717) is 46.1 Å². The van der Waals surface area contributed by atoms with Gasteiger partial charge in [-0.2, -0.15) is 4.31 Å². The number of carbonyl (C=O) groups excluding carboxylic acids is 2. The smallest absolute Gasteiger partial charge is 0.276 e. The molecule has 0 fully saturated rings. The Labute approximate surface area is 267 Å². The minimum absolute atomic E-state index is 0.0358. The number of benzene rings is 1. The van der Waals surface area contributed by atoms with Crippen molar-refractivity contribution in [3.05, 3.63) is 65.1 Å². The zero-order chi connectivity index (χ0) is 33.2. The standard InChI is InChI=1S/C32H37N5O8S/c1-18(2)11-25-32(39)34-9-10-37(46(40,41)28-8-7-26(44-28)29-19(3)20(4)36-45-29)17-21-12-24(30(43-6)27(13-21)42-5)22-14-23(16-33-15-22)31(38)35-25/h7-8,12-16,18,25H,9-11,17H2,1-6H3,(H,34,39)(H,35,38)/t25-/m1/s1. The molecule has 3 aromatic heterocycles. The normalized spacial score (nSPS) is 16.4. The van der Waals surface area contributed by atoms with E-state index in [9.17, 15) is 18.0 Å². The van der Waals surface area contributed by atoms with Crippen LogP contribution in [0.1, 0.15) is 47.4 Å². The van der Waals surface area contributed by atoms with E-state index in [1.54, 1.807) is 38.2 Å². The topological polar surface area (TPSA) is 166 Å². The van der Waals surface area contributed by atoms with Crippen molar-refractivity contribution in [3.63, 3.8) is 0 Å². The third-order valence-corrected chi connectivity index (χ3v) is 9.47. The highest BCUT2D eigenvalue weighted by Gasteiger charge is 2.31. The van der Waals surface area contributed by atoms with Gasteiger partial charge in [0, 0.05) is 48.7 Å². The molecular formula is C32H37N5O8S. The van der Waals surface area contributed by atoms with Crippen molar-refractivity contribution in [1.82, 2.24) is 25.1 Å². The van der Waals surface area contributed by atoms with E-state index in [-0.39, 0.29) is 42.0 Å². The predicted octanol–water partition coefficient (Wildman–Crippen LogP) is 4.10. The highest BCUT2D eigenvalue weighted by atomic mass is 32.2. The summed E-state index contributed by atoms with van der Waals surface area (Å²) >= 11 is 0. The molecule has 13 nitrogen and oxygen atoms in total. The lowest BCUT2D eigenvalue weighted by atomic mass is 10.00. The number of aromatic nitrogens is 2. The van der Waals surface area contributed by atoms with Crippen molar-refractivity contribution in [2.24, 2.45) is 5.92 Å². The number of pyridine rings is 1. The van der Waals surface area contributed by atoms with Gasteiger partial charge in [-0.3, -0.25) is 14.6 Å². The molecule has 2 amide bonds. The summed E-state index contributed by atoms with van der Waals surface area (Å²) in [5.74, 6) is 0.474. The van der Waals surface area contributed by atoms with Gasteiger partial charge in [0.2, 0.25) is 16.8 Å². The van der Waals surface area contributed by atoms with Gasteiger partial charge in [-0.25, -0.2) is 8.42 Å². The van der Waals surface area contributed by atoms with Crippen molar-refractivity contribution in [2.45, 2.75) is 51.8 Å². The number of rotatable bonds is 7. The quantitative estimate of drug-likeness (QED) is 0.297. The van der Waals surface area contributed by atoms with E-state index in [2.05, 4.69) is 20.8 Å². The van der Waals surface area contributed by atoms with Crippen LogP contribution in [0.5, 0.6) is 11.5 Å². The molecule has 46 heavy (non-hydrogen) atoms. The molecule has 0 radical (unpaired) electrons. The van der Waals surface area contributed by atoms with Crippen molar-refractivity contribution >= 4 is 21.8 Å². The molecule has 0 saturated heterocycles. The summed E-state index contributed by atoms with van der Waals surface area (Å²) in [4.78, 5) is 30.9. The lowest BCUT2D eigenvalue weighted by Gasteiger charge is -2.24. The van der Waals surface area contributed by atoms with Crippen LogP contribution in [-0.4, -0.2) is 68.0 Å². The third-order valence-electron chi connectivity index (χ3n) is 7.75. The fourth-order valence-corrected chi connectivity index (χ4v) is 6.59. The van der Waals surface area contributed by atoms with Crippen LogP contribution in [-0.2, 0) is 21.4 Å². The second-order valence-corrected chi connectivity index (χ2v) is 13.3. The summed E-state index contributed by atoms with van der Waals surface area (Å²) in [6.07, 6.45) is 3.36. The van der Waals surface area contributed by atoms with Crippen molar-refractivity contribution in [3.8, 4) is 34.1 Å². The van der Waals surface area contributed by atoms with Gasteiger partial charge in [-0.15, -0.1) is 0 Å². The second-order valence-electron chi connectivity index (χ2n) is 11.5. The first kappa shape index (κ1) is 32.7. The van der Waals surface area contributed by atoms with Crippen molar-refractivity contribution in [2.75, 3.05) is 27.3 Å². The molecular weight excluding hydrogens is 614 g/mol. The number of hydrogen-bond acceptors (Lipinski definition) is 10. The van der Waals surface area contributed by atoms with Gasteiger partial charge in [-0.1, -0.05) is 19.0 Å². The Balaban J connectivity index is 1.61. The van der Waals surface area contributed by atoms with Crippen LogP contribution in [0.3, 0.4) is 0 Å². The number of nitrogens with zero attached hydrogens (tertiary/aromatic N) is 3. The van der Waals surface area contributed by atoms with Gasteiger partial charge in [0.15, 0.2) is 17.3 Å². The monoisotopic (exact) mass is 651 g/mol. The van der Waals surface area contributed by atoms with Crippen molar-refractivity contribution in [1.29, 1.82) is 0 Å². The average Bonchev–Trinajstić information content (AvgIpc) is 3.66. The molecule has 0 saturated carbocycles. The Morgan fingerprint density at radius 2 is 1.83 bits per heavy atom. The maximum Gasteiger partial charge on any atom is 0.276 e. The zero-order valence-corrected chi connectivity index (χ0v) is 27.4. The summed E-state index contributed by atoms with van der Waals surface area (Å²) in [6, 6.07) is 7.10. The maximum atomic E-state index is 14.1. The molecule has 1 aliphatic rings. The van der Waals surface area contributed by atoms with Gasteiger partial charge >= 0.3 is 0 Å². The first-order valence-electron chi connectivity index (χ1n) is 14.7. The Morgan fingerprint density at radius 3 is 2.50 bits per heavy atom. The van der Waals surface area contributed by atoms with Crippen LogP contribution in [0.4, 0.5) is 0 Å². The summed E-state index contributed by atoms with van der Waals surface area (Å²) in [5, 5.41) is 9.25. The van der Waals surface area contributed by atoms with Crippen LogP contribution in [0.2, 0.25) is 0 Å². The molecule has 1 atom stereocenters. The molecule has 0 aliphatic carbocycles. The number of aryl methyl sites for hydroxylation is 1. The van der Waals surface area contributed by atoms with Gasteiger partial charge in [-0.05, 0) is 62.1 Å². The maximum absolute atomic E-state index is 14.1. The molecule has 4 bridgehead atoms. The molecule has 14 heteroatoms. The first-order chi connectivity index (χ1) is 21.9. The first-order valence-corrected chi connectivity index (χ1v) is 16.2. The molecule has 1 aromatic carbocycles. The molecule has 4 aromatic rings. The number of carbonyl (C=O) groups is 2. The zero-order valence-electron chi connectivity index (χ0n) is 26.5. The van der Waals surface area contributed by atoms with Gasteiger partial charge in [0.25, 0.3) is 15.9 Å². The summed E-state index contributed by atoms with van der Waals surface area (Å²) in [6.45, 7) is 7.22. The minimum atomic E-state index is -4.25. The average molecular weight is 652 g/mol. The van der Waals surface area contributed by atoms with Gasteiger partial charge in [0.1, 0.15) is 6.04 Å². The number of nitrogens with one attached hydrogen (secondary N) is 2. The SMILES string of the molecule is COc1cc2cc(c1OC)-c1cncc(c1)C(=O)N[C@H](CC(C)C)C(=O)NCCN(S(=O)(=O)c1ccc(-c3onc(C)c3C)o1)C2. The number of amides is 2. The summed E-state index contributed by atoms with van der Waals surface area (Å²) in [5.41, 5.74) is 3.26. The molecule has 5 rings (SSSR count). The minimum Gasteiger partial charge on any atom is -0.493 e. The van der Waals surface area contributed by atoms with Crippen LogP contribution < -0.4 is 20.1 Å². The van der Waals surface area contributed by atoms with Crippen LogP contribution in [0.15, 0.2) is 56.8 Å². The molecule has 0 spiro atoms. The largest absolute Gasteiger partial charge is 0.493 e. The lowest BCUT2D eigenvalue weighted by Crippen LogP contribution is -2.49. The predicted molar refractivity (Wildman–Crippen MR) is 168 cm³/mol. The van der Waals surface area contributed by atoms with Crippen molar-refractivity contribution < 1.29 is 36.4 Å². The van der Waals surface area contributed by atoms with Gasteiger partial charge < -0.3 is 29.0 Å². The van der Waals surface area contributed by atoms with E-state index in [1.807, 2.05) is 13.8 Å². The molecule has 4 heterocycles. The van der Waals surface area contributed by atoms with Crippen LogP contribution >= 0.6 is 0 Å². The summed E-state index contributed by atoms with van der Waals surface area (Å²) in [7, 11) is -1.28. The van der Waals surface area contributed by atoms with Crippen LogP contribution in [0, 0.1) is 19.8 Å². The Bertz CT molecular complexity index is 1860. The Kier molecular flexibility index (Phi) is 9.49. The van der Waals surface area contributed by atoms with E-state index in [0.717, 1.165) is 5.56 Å². The number of ether oxygens (including phenoxy) is 2. The summed E-state index contributed by atoms with van der Waals surface area (Å²) < 4.78 is 51.9. The fraction of sp³-hybridized carbons (Fsp3) is 0.375. The number of furan rings is 1. The number of fused-ring (bicyclic) bond motifs is 5. The Hall–Kier alpha value is -4.69. The number of hydrogen-bond donors (Lipinski definition) is 2. The molecule has 244 valence electrons. The van der Waals surface area contributed by atoms with Gasteiger partial charge in [0.05, 0.1) is 25.5 Å². The van der Waals surface area contributed by atoms with E-state index in [4.69, 9.17) is 18.4 Å². The number of sulfonamides is 1. The van der Waals surface area contributed by atoms with E-state index < -0.39 is 27.9 Å². The number of methoxy groups -OCH3 is 2. The fourth-order valence-electron chi connectivity index (χ4n) is 5.25. The van der Waals surface area contributed by atoms with E-state index >= 15 is 0 Å². The van der Waals surface area contributed by atoms with Crippen LogP contribution in [0.25, 0.3) is 22.6 Å². The molecule has 0 unspecified atom stereocenters. The second kappa shape index (κ2) is 13.3.